The quantitative estimate of drug-likeness (QED) is 0.725. The Labute approximate surface area is 101 Å². The first-order chi connectivity index (χ1) is 8.20. The molecule has 0 bridgehead atoms. The number of aliphatic hydroxyl groups excluding tert-OH is 1. The minimum atomic E-state index is -0.187. The summed E-state index contributed by atoms with van der Waals surface area (Å²) < 4.78 is 0. The molecule has 3 N–H and O–H groups in total. The number of aliphatic hydroxyl groups is 1. The Bertz CT molecular complexity index is 381. The molecule has 92 valence electrons. The Morgan fingerprint density at radius 3 is 3.06 bits per heavy atom. The Balaban J connectivity index is 1.92. The molecule has 0 radical (unpaired) electrons. The van der Waals surface area contributed by atoms with Crippen LogP contribution < -0.4 is 10.6 Å². The fraction of sp³-hybridized carbons (Fsp3) is 0.462. The van der Waals surface area contributed by atoms with E-state index in [1.807, 2.05) is 31.2 Å². The standard InChI is InChI=1S/C13H18N2O2/c1-9(6-7-16)14-13(17)12-8-10-4-2-3-5-11(10)15-12/h2-5,9,12,15-16H,6-8H2,1H3,(H,14,17)/t9?,12-/m0/s1. The highest BCUT2D eigenvalue weighted by Crippen LogP contribution is 2.25. The second-order valence-corrected chi connectivity index (χ2v) is 4.48. The molecule has 0 saturated heterocycles. The van der Waals surface area contributed by atoms with Crippen LogP contribution in [0.3, 0.4) is 0 Å². The smallest absolute Gasteiger partial charge is 0.243 e. The lowest BCUT2D eigenvalue weighted by Crippen LogP contribution is -2.43. The summed E-state index contributed by atoms with van der Waals surface area (Å²) in [5.41, 5.74) is 2.23. The van der Waals surface area contributed by atoms with Gasteiger partial charge in [0.05, 0.1) is 0 Å². The van der Waals surface area contributed by atoms with Gasteiger partial charge in [-0.15, -0.1) is 0 Å². The van der Waals surface area contributed by atoms with E-state index in [-0.39, 0.29) is 24.6 Å². The summed E-state index contributed by atoms with van der Waals surface area (Å²) in [5.74, 6) is 0.00199. The summed E-state index contributed by atoms with van der Waals surface area (Å²) in [6.45, 7) is 2.00. The first kappa shape index (κ1) is 11.9. The molecule has 0 spiro atoms. The fourth-order valence-corrected chi connectivity index (χ4v) is 2.07. The average molecular weight is 234 g/mol. The molecular weight excluding hydrogens is 216 g/mol. The number of hydrogen-bond acceptors (Lipinski definition) is 3. The van der Waals surface area contributed by atoms with Crippen molar-refractivity contribution >= 4 is 11.6 Å². The number of nitrogens with one attached hydrogen (secondary N) is 2. The van der Waals surface area contributed by atoms with Crippen LogP contribution in [0.2, 0.25) is 0 Å². The largest absolute Gasteiger partial charge is 0.396 e. The number of rotatable bonds is 4. The van der Waals surface area contributed by atoms with Crippen molar-refractivity contribution in [1.29, 1.82) is 0 Å². The second-order valence-electron chi connectivity index (χ2n) is 4.48. The molecule has 4 heteroatoms. The van der Waals surface area contributed by atoms with Crippen LogP contribution >= 0.6 is 0 Å². The van der Waals surface area contributed by atoms with Gasteiger partial charge >= 0.3 is 0 Å². The lowest BCUT2D eigenvalue weighted by atomic mass is 10.1. The van der Waals surface area contributed by atoms with E-state index in [2.05, 4.69) is 10.6 Å². The van der Waals surface area contributed by atoms with Crippen molar-refractivity contribution < 1.29 is 9.90 Å². The summed E-state index contributed by atoms with van der Waals surface area (Å²) in [6, 6.07) is 7.79. The van der Waals surface area contributed by atoms with Crippen molar-refractivity contribution in [2.75, 3.05) is 11.9 Å². The lowest BCUT2D eigenvalue weighted by Gasteiger charge is -2.16. The van der Waals surface area contributed by atoms with E-state index in [0.717, 1.165) is 12.1 Å². The first-order valence-corrected chi connectivity index (χ1v) is 5.96. The molecule has 1 aromatic rings. The molecule has 0 saturated carbocycles. The molecule has 1 amide bonds. The van der Waals surface area contributed by atoms with Crippen LogP contribution in [0.5, 0.6) is 0 Å². The molecule has 4 nitrogen and oxygen atoms in total. The lowest BCUT2D eigenvalue weighted by molar-refractivity contribution is -0.122. The second kappa shape index (κ2) is 5.19. The van der Waals surface area contributed by atoms with Crippen molar-refractivity contribution in [2.24, 2.45) is 0 Å². The van der Waals surface area contributed by atoms with E-state index < -0.39 is 0 Å². The third kappa shape index (κ3) is 2.77. The molecule has 0 aromatic heterocycles. The molecule has 2 rings (SSSR count). The van der Waals surface area contributed by atoms with E-state index in [1.54, 1.807) is 0 Å². The third-order valence-electron chi connectivity index (χ3n) is 3.04. The summed E-state index contributed by atoms with van der Waals surface area (Å²) >= 11 is 0. The van der Waals surface area contributed by atoms with Crippen LogP contribution in [0.25, 0.3) is 0 Å². The van der Waals surface area contributed by atoms with Crippen LogP contribution in [0.1, 0.15) is 18.9 Å². The van der Waals surface area contributed by atoms with Crippen molar-refractivity contribution in [3.63, 3.8) is 0 Å². The minimum Gasteiger partial charge on any atom is -0.396 e. The average Bonchev–Trinajstić information content (AvgIpc) is 2.72. The van der Waals surface area contributed by atoms with E-state index in [9.17, 15) is 4.79 Å². The minimum absolute atomic E-state index is 0.00199. The van der Waals surface area contributed by atoms with Gasteiger partial charge in [-0.25, -0.2) is 0 Å². The SMILES string of the molecule is CC(CCO)NC(=O)[C@@H]1Cc2ccccc2N1. The van der Waals surface area contributed by atoms with Gasteiger partial charge in [0.1, 0.15) is 6.04 Å². The molecule has 0 aliphatic carbocycles. The van der Waals surface area contributed by atoms with Crippen LogP contribution in [0.15, 0.2) is 24.3 Å². The number of benzene rings is 1. The van der Waals surface area contributed by atoms with Gasteiger partial charge in [0.2, 0.25) is 5.91 Å². The monoisotopic (exact) mass is 234 g/mol. The zero-order valence-corrected chi connectivity index (χ0v) is 9.94. The van der Waals surface area contributed by atoms with Crippen LogP contribution in [0, 0.1) is 0 Å². The predicted molar refractivity (Wildman–Crippen MR) is 66.9 cm³/mol. The van der Waals surface area contributed by atoms with Crippen LogP contribution in [-0.2, 0) is 11.2 Å². The van der Waals surface area contributed by atoms with Gasteiger partial charge in [0.25, 0.3) is 0 Å². The number of para-hydroxylation sites is 1. The summed E-state index contributed by atoms with van der Waals surface area (Å²) in [6.07, 6.45) is 1.32. The fourth-order valence-electron chi connectivity index (χ4n) is 2.07. The highest BCUT2D eigenvalue weighted by molar-refractivity contribution is 5.87. The molecule has 1 unspecified atom stereocenters. The van der Waals surface area contributed by atoms with E-state index in [4.69, 9.17) is 5.11 Å². The van der Waals surface area contributed by atoms with Crippen molar-refractivity contribution in [1.82, 2.24) is 5.32 Å². The zero-order chi connectivity index (χ0) is 12.3. The molecule has 1 aliphatic heterocycles. The Kier molecular flexibility index (Phi) is 3.64. The van der Waals surface area contributed by atoms with Gasteiger partial charge in [-0.1, -0.05) is 18.2 Å². The summed E-state index contributed by atoms with van der Waals surface area (Å²) in [7, 11) is 0. The number of anilines is 1. The van der Waals surface area contributed by atoms with E-state index >= 15 is 0 Å². The number of hydrogen-bond donors (Lipinski definition) is 3. The third-order valence-corrected chi connectivity index (χ3v) is 3.04. The summed E-state index contributed by atoms with van der Waals surface area (Å²) in [4.78, 5) is 11.9. The molecular formula is C13H18N2O2. The molecule has 1 aromatic carbocycles. The van der Waals surface area contributed by atoms with Crippen molar-refractivity contribution in [2.45, 2.75) is 31.8 Å². The van der Waals surface area contributed by atoms with Gasteiger partial charge < -0.3 is 15.7 Å². The van der Waals surface area contributed by atoms with Gasteiger partial charge in [-0.05, 0) is 25.0 Å². The van der Waals surface area contributed by atoms with Gasteiger partial charge in [0.15, 0.2) is 0 Å². The van der Waals surface area contributed by atoms with Crippen LogP contribution in [-0.4, -0.2) is 29.7 Å². The van der Waals surface area contributed by atoms with Crippen molar-refractivity contribution in [3.8, 4) is 0 Å². The molecule has 2 atom stereocenters. The highest BCUT2D eigenvalue weighted by atomic mass is 16.3. The maximum Gasteiger partial charge on any atom is 0.243 e. The van der Waals surface area contributed by atoms with E-state index in [0.29, 0.717) is 6.42 Å². The Morgan fingerprint density at radius 1 is 1.59 bits per heavy atom. The molecule has 17 heavy (non-hydrogen) atoms. The number of carbonyl (C=O) groups excluding carboxylic acids is 1. The number of amides is 1. The zero-order valence-electron chi connectivity index (χ0n) is 9.94. The maximum absolute atomic E-state index is 11.9. The maximum atomic E-state index is 11.9. The van der Waals surface area contributed by atoms with Crippen LogP contribution in [0.4, 0.5) is 5.69 Å². The first-order valence-electron chi connectivity index (χ1n) is 5.96. The topological polar surface area (TPSA) is 61.4 Å². The molecule has 0 fully saturated rings. The van der Waals surface area contributed by atoms with Gasteiger partial charge in [0, 0.05) is 24.8 Å². The normalized spacial score (nSPS) is 19.3. The Hall–Kier alpha value is -1.55. The number of carbonyl (C=O) groups is 1. The summed E-state index contributed by atoms with van der Waals surface area (Å²) in [5, 5.41) is 14.9. The van der Waals surface area contributed by atoms with Gasteiger partial charge in [-0.3, -0.25) is 4.79 Å². The van der Waals surface area contributed by atoms with E-state index in [1.165, 1.54) is 5.56 Å². The van der Waals surface area contributed by atoms with Crippen molar-refractivity contribution in [3.05, 3.63) is 29.8 Å². The Morgan fingerprint density at radius 2 is 2.35 bits per heavy atom. The predicted octanol–water partition coefficient (Wildman–Crippen LogP) is 0.910. The number of fused-ring (bicyclic) bond motifs is 1. The molecule has 1 heterocycles. The molecule has 1 aliphatic rings. The van der Waals surface area contributed by atoms with Gasteiger partial charge in [-0.2, -0.15) is 0 Å². The highest BCUT2D eigenvalue weighted by Gasteiger charge is 2.26.